The fraction of sp³-hybridized carbons (Fsp3) is 0.0208. The summed E-state index contributed by atoms with van der Waals surface area (Å²) in [4.78, 5) is 14.3. The number of para-hydroxylation sites is 1. The van der Waals surface area contributed by atoms with Gasteiger partial charge in [0.1, 0.15) is 11.5 Å². The first-order chi connectivity index (χ1) is 27.7. The maximum absolute atomic E-state index is 9.72. The molecule has 5 aromatic heterocycles. The topological polar surface area (TPSA) is 105 Å². The zero-order valence-corrected chi connectivity index (χ0v) is 29.5. The molecule has 6 heterocycles. The fourth-order valence-electron chi connectivity index (χ4n) is 9.41. The average Bonchev–Trinajstić information content (AvgIpc) is 3.87. The molecule has 1 aliphatic heterocycles. The second-order valence-electron chi connectivity index (χ2n) is 14.3. The van der Waals surface area contributed by atoms with Gasteiger partial charge in [-0.2, -0.15) is 10.5 Å². The van der Waals surface area contributed by atoms with Gasteiger partial charge in [-0.25, -0.2) is 0 Å². The van der Waals surface area contributed by atoms with E-state index in [4.69, 9.17) is 14.7 Å². The lowest BCUT2D eigenvalue weighted by Crippen LogP contribution is -2.32. The summed E-state index contributed by atoms with van der Waals surface area (Å²) in [5.74, 6) is 1.56. The van der Waals surface area contributed by atoms with Gasteiger partial charge < -0.3 is 13.9 Å². The minimum atomic E-state index is -0.655. The smallest absolute Gasteiger partial charge is 0.134 e. The highest BCUT2D eigenvalue weighted by atomic mass is 16.5. The highest BCUT2D eigenvalue weighted by molar-refractivity contribution is 6.12. The van der Waals surface area contributed by atoms with Crippen LogP contribution in [0, 0.1) is 22.7 Å². The molecule has 0 atom stereocenters. The second-order valence-corrected chi connectivity index (χ2v) is 14.3. The van der Waals surface area contributed by atoms with Crippen molar-refractivity contribution in [1.29, 1.82) is 10.5 Å². The molecule has 1 aliphatic carbocycles. The summed E-state index contributed by atoms with van der Waals surface area (Å²) in [5, 5.41) is 23.4. The Morgan fingerprint density at radius 3 is 1.75 bits per heavy atom. The zero-order valence-electron chi connectivity index (χ0n) is 29.5. The van der Waals surface area contributed by atoms with Crippen molar-refractivity contribution in [2.24, 2.45) is 0 Å². The number of benzene rings is 5. The summed E-state index contributed by atoms with van der Waals surface area (Å²) in [6, 6.07) is 47.7. The van der Waals surface area contributed by atoms with Crippen molar-refractivity contribution in [1.82, 2.24) is 24.1 Å². The van der Waals surface area contributed by atoms with Crippen LogP contribution in [0.25, 0.3) is 66.4 Å². The van der Waals surface area contributed by atoms with Gasteiger partial charge in [0, 0.05) is 68.7 Å². The number of rotatable bonds is 2. The predicted octanol–water partition coefficient (Wildman–Crippen LogP) is 10.3. The third-order valence-electron chi connectivity index (χ3n) is 11.6. The highest BCUT2D eigenvalue weighted by Crippen LogP contribution is 2.61. The molecule has 0 saturated heterocycles. The molecule has 0 radical (unpaired) electrons. The monoisotopic (exact) mass is 715 g/mol. The van der Waals surface area contributed by atoms with Crippen LogP contribution >= 0.6 is 0 Å². The first-order valence-electron chi connectivity index (χ1n) is 18.3. The van der Waals surface area contributed by atoms with Crippen molar-refractivity contribution >= 4 is 43.6 Å². The molecule has 0 fully saturated rings. The molecule has 10 aromatic rings. The molecule has 12 rings (SSSR count). The Bertz CT molecular complexity index is 3330. The largest absolute Gasteiger partial charge is 0.457 e. The van der Waals surface area contributed by atoms with Gasteiger partial charge in [0.15, 0.2) is 0 Å². The average molecular weight is 716 g/mol. The van der Waals surface area contributed by atoms with E-state index in [-0.39, 0.29) is 0 Å². The van der Waals surface area contributed by atoms with Crippen LogP contribution in [-0.2, 0) is 5.41 Å². The van der Waals surface area contributed by atoms with Gasteiger partial charge in [0.05, 0.1) is 68.3 Å². The number of pyridine rings is 3. The van der Waals surface area contributed by atoms with Crippen LogP contribution in [0.5, 0.6) is 11.5 Å². The molecule has 0 unspecified atom stereocenters. The van der Waals surface area contributed by atoms with E-state index < -0.39 is 5.41 Å². The van der Waals surface area contributed by atoms with Gasteiger partial charge in [0.2, 0.25) is 0 Å². The molecule has 56 heavy (non-hydrogen) atoms. The number of aromatic nitrogens is 5. The lowest BCUT2D eigenvalue weighted by molar-refractivity contribution is 0.436. The van der Waals surface area contributed by atoms with E-state index in [1.54, 1.807) is 0 Å². The maximum Gasteiger partial charge on any atom is 0.134 e. The van der Waals surface area contributed by atoms with Crippen molar-refractivity contribution in [3.8, 4) is 46.4 Å². The molecular formula is C48H25N7O. The Balaban J connectivity index is 1.09. The SMILES string of the molecule is N#Cc1ccc2c(c1)c1cc(C#N)ccc1n2-c1ccc2c(c1)c1ccncc1n2-c1ccc2c(c1)Oc1ccccc1C21c2cccnc2-c2ncccc21. The number of hydrogen-bond donors (Lipinski definition) is 0. The summed E-state index contributed by atoms with van der Waals surface area (Å²) in [5.41, 5.74) is 12.4. The molecule has 1 spiro atoms. The molecule has 0 N–H and O–H groups in total. The van der Waals surface area contributed by atoms with Gasteiger partial charge >= 0.3 is 0 Å². The van der Waals surface area contributed by atoms with Gasteiger partial charge in [0.25, 0.3) is 0 Å². The number of fused-ring (bicyclic) bond motifs is 15. The number of nitriles is 2. The molecule has 8 nitrogen and oxygen atoms in total. The van der Waals surface area contributed by atoms with E-state index in [1.807, 2.05) is 85.5 Å². The molecule has 0 saturated carbocycles. The summed E-state index contributed by atoms with van der Waals surface area (Å²) in [6.07, 6.45) is 7.42. The Morgan fingerprint density at radius 1 is 0.482 bits per heavy atom. The predicted molar refractivity (Wildman–Crippen MR) is 215 cm³/mol. The van der Waals surface area contributed by atoms with Crippen molar-refractivity contribution in [3.63, 3.8) is 0 Å². The minimum absolute atomic E-state index is 0.572. The first-order valence-corrected chi connectivity index (χ1v) is 18.3. The molecule has 0 amide bonds. The molecule has 258 valence electrons. The lowest BCUT2D eigenvalue weighted by Gasteiger charge is -2.39. The van der Waals surface area contributed by atoms with Gasteiger partial charge in [-0.05, 0) is 96.1 Å². The van der Waals surface area contributed by atoms with Gasteiger partial charge in [-0.3, -0.25) is 15.0 Å². The molecule has 5 aromatic carbocycles. The van der Waals surface area contributed by atoms with Crippen LogP contribution in [0.3, 0.4) is 0 Å². The molecule has 0 bridgehead atoms. The minimum Gasteiger partial charge on any atom is -0.457 e. The zero-order chi connectivity index (χ0) is 37.1. The molecular weight excluding hydrogens is 691 g/mol. The number of ether oxygens (including phenoxy) is 1. The Morgan fingerprint density at radius 2 is 1.05 bits per heavy atom. The maximum atomic E-state index is 9.72. The van der Waals surface area contributed by atoms with Crippen molar-refractivity contribution < 1.29 is 4.74 Å². The summed E-state index contributed by atoms with van der Waals surface area (Å²) in [6.45, 7) is 0. The molecule has 8 heteroatoms. The third kappa shape index (κ3) is 3.81. The number of nitrogens with zero attached hydrogens (tertiary/aromatic N) is 7. The van der Waals surface area contributed by atoms with Crippen LogP contribution in [0.15, 0.2) is 152 Å². The lowest BCUT2D eigenvalue weighted by atomic mass is 9.66. The van der Waals surface area contributed by atoms with E-state index in [0.717, 1.165) is 100 Å². The third-order valence-corrected chi connectivity index (χ3v) is 11.6. The Labute approximate surface area is 319 Å². The van der Waals surface area contributed by atoms with E-state index in [0.29, 0.717) is 11.1 Å². The summed E-state index contributed by atoms with van der Waals surface area (Å²) < 4.78 is 11.3. The summed E-state index contributed by atoms with van der Waals surface area (Å²) >= 11 is 0. The van der Waals surface area contributed by atoms with E-state index in [2.05, 4.69) is 93.0 Å². The van der Waals surface area contributed by atoms with Crippen LogP contribution in [0.4, 0.5) is 0 Å². The van der Waals surface area contributed by atoms with Crippen LogP contribution in [0.2, 0.25) is 0 Å². The van der Waals surface area contributed by atoms with Crippen LogP contribution in [0.1, 0.15) is 33.4 Å². The number of hydrogen-bond acceptors (Lipinski definition) is 6. The van der Waals surface area contributed by atoms with Crippen LogP contribution in [-0.4, -0.2) is 24.1 Å². The van der Waals surface area contributed by atoms with Gasteiger partial charge in [-0.15, -0.1) is 0 Å². The Hall–Kier alpha value is -8.07. The Kier molecular flexibility index (Phi) is 5.96. The second kappa shape index (κ2) is 11.0. The summed E-state index contributed by atoms with van der Waals surface area (Å²) in [7, 11) is 0. The van der Waals surface area contributed by atoms with Crippen molar-refractivity contribution in [2.45, 2.75) is 5.41 Å². The standard InChI is InChI=1S/C48H25N7O/c49-25-28-9-14-40-33(21-28)34-22-29(26-50)10-15-41(34)54(40)30-12-16-42-35(23-30)32-17-20-51-27-43(32)55(42)31-11-13-37-45(24-31)56-44-8-2-1-5-36(44)48(37)38-6-3-18-52-46(38)47-39(48)7-4-19-53-47/h1-24,27H. The van der Waals surface area contributed by atoms with Crippen molar-refractivity contribution in [3.05, 3.63) is 186 Å². The highest BCUT2D eigenvalue weighted by Gasteiger charge is 2.52. The normalized spacial score (nSPS) is 13.2. The van der Waals surface area contributed by atoms with Gasteiger partial charge in [-0.1, -0.05) is 36.4 Å². The fourth-order valence-corrected chi connectivity index (χ4v) is 9.41. The quantitative estimate of drug-likeness (QED) is 0.176. The van der Waals surface area contributed by atoms with Crippen LogP contribution < -0.4 is 4.74 Å². The van der Waals surface area contributed by atoms with E-state index in [1.165, 1.54) is 0 Å². The van der Waals surface area contributed by atoms with Crippen molar-refractivity contribution in [2.75, 3.05) is 0 Å². The van der Waals surface area contributed by atoms with E-state index >= 15 is 0 Å². The molecule has 2 aliphatic rings. The first kappa shape index (κ1) is 30.4. The van der Waals surface area contributed by atoms with E-state index in [9.17, 15) is 10.5 Å².